The van der Waals surface area contributed by atoms with E-state index in [1.165, 1.54) is 22.3 Å². The summed E-state index contributed by atoms with van der Waals surface area (Å²) in [5, 5.41) is 8.96. The first-order valence-corrected chi connectivity index (χ1v) is 5.90. The monoisotopic (exact) mass is 225 g/mol. The van der Waals surface area contributed by atoms with Crippen LogP contribution in [0.3, 0.4) is 0 Å². The summed E-state index contributed by atoms with van der Waals surface area (Å²) < 4.78 is 0. The fourth-order valence-electron chi connectivity index (χ4n) is 2.51. The number of fused-ring (bicyclic) bond motifs is 3. The minimum Gasteiger partial charge on any atom is -0.316 e. The lowest BCUT2D eigenvalue weighted by Gasteiger charge is -2.11. The molecule has 0 bridgehead atoms. The molecule has 0 heterocycles. The topological polar surface area (TPSA) is 32.3 Å². The average molecular weight is 225 g/mol. The van der Waals surface area contributed by atoms with Crippen molar-refractivity contribution >= 4 is 0 Å². The fraction of sp³-hybridized carbons (Fsp3) is 0.200. The molecule has 0 fully saturated rings. The van der Waals surface area contributed by atoms with Crippen molar-refractivity contribution in [3.05, 3.63) is 59.2 Å². The van der Waals surface area contributed by atoms with Gasteiger partial charge in [-0.1, -0.05) is 42.5 Å². The molecule has 2 heteroatoms. The SMILES string of the molecule is CC(NO)c1ccc2c(c1)Cc1ccccc1-2. The zero-order chi connectivity index (χ0) is 11.8. The lowest BCUT2D eigenvalue weighted by molar-refractivity contribution is 0.133. The molecule has 0 saturated heterocycles. The van der Waals surface area contributed by atoms with Crippen molar-refractivity contribution in [1.29, 1.82) is 0 Å². The maximum atomic E-state index is 8.96. The first kappa shape index (κ1) is 10.5. The van der Waals surface area contributed by atoms with E-state index in [1.54, 1.807) is 0 Å². The quantitative estimate of drug-likeness (QED) is 0.656. The van der Waals surface area contributed by atoms with Gasteiger partial charge in [0.2, 0.25) is 0 Å². The van der Waals surface area contributed by atoms with Gasteiger partial charge < -0.3 is 5.21 Å². The third kappa shape index (κ3) is 1.66. The zero-order valence-electron chi connectivity index (χ0n) is 9.77. The standard InChI is InChI=1S/C15H15NO/c1-10(16-17)11-6-7-15-13(8-11)9-12-4-2-3-5-14(12)15/h2-8,10,16-17H,9H2,1H3. The van der Waals surface area contributed by atoms with Crippen LogP contribution in [0.15, 0.2) is 42.5 Å². The Morgan fingerprint density at radius 3 is 2.65 bits per heavy atom. The van der Waals surface area contributed by atoms with Gasteiger partial charge in [-0.05, 0) is 41.2 Å². The summed E-state index contributed by atoms with van der Waals surface area (Å²) in [4.78, 5) is 0. The van der Waals surface area contributed by atoms with E-state index in [-0.39, 0.29) is 6.04 Å². The summed E-state index contributed by atoms with van der Waals surface area (Å²) in [6.45, 7) is 1.95. The van der Waals surface area contributed by atoms with Gasteiger partial charge in [-0.2, -0.15) is 5.48 Å². The minimum atomic E-state index is -0.0241. The van der Waals surface area contributed by atoms with Gasteiger partial charge in [0, 0.05) is 0 Å². The van der Waals surface area contributed by atoms with Gasteiger partial charge in [-0.15, -0.1) is 0 Å². The van der Waals surface area contributed by atoms with Crippen LogP contribution in [0.4, 0.5) is 0 Å². The summed E-state index contributed by atoms with van der Waals surface area (Å²) >= 11 is 0. The van der Waals surface area contributed by atoms with Gasteiger partial charge in [0.25, 0.3) is 0 Å². The zero-order valence-corrected chi connectivity index (χ0v) is 9.77. The highest BCUT2D eigenvalue weighted by Gasteiger charge is 2.18. The van der Waals surface area contributed by atoms with E-state index in [1.807, 2.05) is 6.92 Å². The molecule has 0 radical (unpaired) electrons. The predicted octanol–water partition coefficient (Wildman–Crippen LogP) is 3.30. The lowest BCUT2D eigenvalue weighted by atomic mass is 10.0. The van der Waals surface area contributed by atoms with Gasteiger partial charge in [0.15, 0.2) is 0 Å². The van der Waals surface area contributed by atoms with E-state index in [0.29, 0.717) is 0 Å². The van der Waals surface area contributed by atoms with Crippen LogP contribution in [0.2, 0.25) is 0 Å². The maximum Gasteiger partial charge on any atom is 0.0540 e. The van der Waals surface area contributed by atoms with Gasteiger partial charge in [0.05, 0.1) is 6.04 Å². The summed E-state index contributed by atoms with van der Waals surface area (Å²) in [5.74, 6) is 0. The molecule has 2 aromatic carbocycles. The minimum absolute atomic E-state index is 0.0241. The Kier molecular flexibility index (Phi) is 2.46. The van der Waals surface area contributed by atoms with Gasteiger partial charge in [-0.25, -0.2) is 0 Å². The number of hydrogen-bond donors (Lipinski definition) is 2. The van der Waals surface area contributed by atoms with Gasteiger partial charge in [0.1, 0.15) is 0 Å². The third-order valence-electron chi connectivity index (χ3n) is 3.51. The molecule has 0 spiro atoms. The summed E-state index contributed by atoms with van der Waals surface area (Å²) in [7, 11) is 0. The normalized spacial score (nSPS) is 14.2. The molecular formula is C15H15NO. The van der Waals surface area contributed by atoms with Crippen LogP contribution in [-0.2, 0) is 6.42 Å². The third-order valence-corrected chi connectivity index (χ3v) is 3.51. The van der Waals surface area contributed by atoms with E-state index in [2.05, 4.69) is 47.9 Å². The Morgan fingerprint density at radius 1 is 1.06 bits per heavy atom. The Labute approximate surface area is 101 Å². The molecule has 1 aliphatic rings. The summed E-state index contributed by atoms with van der Waals surface area (Å²) in [6.07, 6.45) is 0.998. The van der Waals surface area contributed by atoms with E-state index in [0.717, 1.165) is 12.0 Å². The van der Waals surface area contributed by atoms with Crippen molar-refractivity contribution in [3.8, 4) is 11.1 Å². The fourth-order valence-corrected chi connectivity index (χ4v) is 2.51. The highest BCUT2D eigenvalue weighted by atomic mass is 16.5. The largest absolute Gasteiger partial charge is 0.316 e. The highest BCUT2D eigenvalue weighted by molar-refractivity contribution is 5.76. The molecule has 2 nitrogen and oxygen atoms in total. The molecule has 0 aliphatic heterocycles. The van der Waals surface area contributed by atoms with Gasteiger partial charge in [-0.3, -0.25) is 0 Å². The van der Waals surface area contributed by atoms with Crippen molar-refractivity contribution in [2.75, 3.05) is 0 Å². The van der Waals surface area contributed by atoms with Crippen molar-refractivity contribution < 1.29 is 5.21 Å². The van der Waals surface area contributed by atoms with Crippen molar-refractivity contribution in [2.45, 2.75) is 19.4 Å². The molecule has 86 valence electrons. The molecule has 2 N–H and O–H groups in total. The Morgan fingerprint density at radius 2 is 1.82 bits per heavy atom. The van der Waals surface area contributed by atoms with E-state index < -0.39 is 0 Å². The maximum absolute atomic E-state index is 8.96. The number of benzene rings is 2. The number of rotatable bonds is 2. The van der Waals surface area contributed by atoms with E-state index >= 15 is 0 Å². The molecule has 0 amide bonds. The molecule has 3 rings (SSSR count). The number of nitrogens with one attached hydrogen (secondary N) is 1. The van der Waals surface area contributed by atoms with Crippen LogP contribution in [0.25, 0.3) is 11.1 Å². The van der Waals surface area contributed by atoms with Crippen LogP contribution in [-0.4, -0.2) is 5.21 Å². The number of hydrogen-bond acceptors (Lipinski definition) is 2. The molecule has 17 heavy (non-hydrogen) atoms. The molecule has 0 aromatic heterocycles. The summed E-state index contributed by atoms with van der Waals surface area (Å²) in [6, 6.07) is 14.9. The molecule has 2 aromatic rings. The predicted molar refractivity (Wildman–Crippen MR) is 68.0 cm³/mol. The van der Waals surface area contributed by atoms with Crippen LogP contribution in [0.1, 0.15) is 29.7 Å². The lowest BCUT2D eigenvalue weighted by Crippen LogP contribution is -2.13. The van der Waals surface area contributed by atoms with Crippen LogP contribution >= 0.6 is 0 Å². The van der Waals surface area contributed by atoms with Crippen LogP contribution in [0, 0.1) is 0 Å². The second-order valence-electron chi connectivity index (χ2n) is 4.60. The van der Waals surface area contributed by atoms with E-state index in [4.69, 9.17) is 5.21 Å². The van der Waals surface area contributed by atoms with Crippen LogP contribution in [0.5, 0.6) is 0 Å². The van der Waals surface area contributed by atoms with Crippen molar-refractivity contribution in [1.82, 2.24) is 5.48 Å². The highest BCUT2D eigenvalue weighted by Crippen LogP contribution is 2.37. The molecule has 0 saturated carbocycles. The van der Waals surface area contributed by atoms with E-state index in [9.17, 15) is 0 Å². The summed E-state index contributed by atoms with van der Waals surface area (Å²) in [5.41, 5.74) is 8.84. The Balaban J connectivity index is 2.07. The second-order valence-corrected chi connectivity index (χ2v) is 4.60. The van der Waals surface area contributed by atoms with Crippen LogP contribution < -0.4 is 5.48 Å². The van der Waals surface area contributed by atoms with Crippen molar-refractivity contribution in [2.24, 2.45) is 0 Å². The first-order valence-electron chi connectivity index (χ1n) is 5.90. The Hall–Kier alpha value is -1.64. The van der Waals surface area contributed by atoms with Gasteiger partial charge >= 0.3 is 0 Å². The Bertz CT molecular complexity index is 563. The number of hydroxylamine groups is 1. The average Bonchev–Trinajstić information content (AvgIpc) is 2.75. The first-order chi connectivity index (χ1) is 8.29. The van der Waals surface area contributed by atoms with Crippen molar-refractivity contribution in [3.63, 3.8) is 0 Å². The molecular weight excluding hydrogens is 210 g/mol. The molecule has 1 atom stereocenters. The molecule has 1 aliphatic carbocycles. The molecule has 1 unspecified atom stereocenters. The smallest absolute Gasteiger partial charge is 0.0540 e. The second kappa shape index (κ2) is 3.99.